The lowest BCUT2D eigenvalue weighted by molar-refractivity contribution is 0.252. The monoisotopic (exact) mass is 533 g/mol. The lowest BCUT2D eigenvalue weighted by Crippen LogP contribution is -2.24. The van der Waals surface area contributed by atoms with Gasteiger partial charge in [0.2, 0.25) is 0 Å². The number of halogens is 3. The number of ether oxygens (including phenoxy) is 1. The third kappa shape index (κ3) is 6.40. The van der Waals surface area contributed by atoms with Crippen LogP contribution in [0.3, 0.4) is 0 Å². The zero-order valence-electron chi connectivity index (χ0n) is 16.0. The van der Waals surface area contributed by atoms with Gasteiger partial charge >= 0.3 is 6.03 Å². The minimum absolute atomic E-state index is 0.277. The van der Waals surface area contributed by atoms with Crippen LogP contribution in [-0.4, -0.2) is 12.2 Å². The number of urea groups is 1. The second-order valence-electron chi connectivity index (χ2n) is 6.39. The Bertz CT molecular complexity index is 1070. The average Bonchev–Trinajstić information content (AvgIpc) is 2.71. The fraction of sp³-hybridized carbons (Fsp3) is 0.0909. The van der Waals surface area contributed by atoms with E-state index in [9.17, 15) is 9.18 Å². The van der Waals surface area contributed by atoms with Crippen molar-refractivity contribution >= 4 is 49.8 Å². The molecule has 154 valence electrons. The molecule has 3 aromatic rings. The van der Waals surface area contributed by atoms with Gasteiger partial charge in [0, 0.05) is 20.2 Å². The summed E-state index contributed by atoms with van der Waals surface area (Å²) >= 11 is 6.84. The highest BCUT2D eigenvalue weighted by Crippen LogP contribution is 2.23. The van der Waals surface area contributed by atoms with E-state index in [1.54, 1.807) is 24.3 Å². The summed E-state index contributed by atoms with van der Waals surface area (Å²) in [6, 6.07) is 16.6. The molecular weight excluding hydrogens is 517 g/mol. The summed E-state index contributed by atoms with van der Waals surface area (Å²) in [5.74, 6) is 0.287. The number of anilines is 1. The van der Waals surface area contributed by atoms with Crippen LogP contribution in [0.4, 0.5) is 14.9 Å². The smallest absolute Gasteiger partial charge is 0.339 e. The number of carbonyl (C=O) groups excluding carboxylic acids is 1. The van der Waals surface area contributed by atoms with Crippen LogP contribution >= 0.6 is 31.9 Å². The predicted molar refractivity (Wildman–Crippen MR) is 124 cm³/mol. The number of amides is 2. The number of hydrogen-bond donors (Lipinski definition) is 2. The number of carbonyl (C=O) groups is 1. The maximum Gasteiger partial charge on any atom is 0.339 e. The molecule has 0 aliphatic heterocycles. The van der Waals surface area contributed by atoms with Gasteiger partial charge in [0.05, 0.1) is 6.21 Å². The van der Waals surface area contributed by atoms with Crippen molar-refractivity contribution in [1.82, 2.24) is 5.43 Å². The predicted octanol–water partition coefficient (Wildman–Crippen LogP) is 6.39. The van der Waals surface area contributed by atoms with Crippen LogP contribution in [0.25, 0.3) is 0 Å². The van der Waals surface area contributed by atoms with Crippen LogP contribution in [0.15, 0.2) is 74.7 Å². The zero-order chi connectivity index (χ0) is 21.5. The Morgan fingerprint density at radius 3 is 2.60 bits per heavy atom. The summed E-state index contributed by atoms with van der Waals surface area (Å²) in [4.78, 5) is 12.1. The van der Waals surface area contributed by atoms with Gasteiger partial charge in [-0.3, -0.25) is 0 Å². The highest BCUT2D eigenvalue weighted by Gasteiger charge is 2.05. The minimum Gasteiger partial charge on any atom is -0.488 e. The zero-order valence-corrected chi connectivity index (χ0v) is 19.1. The van der Waals surface area contributed by atoms with Crippen molar-refractivity contribution in [3.8, 4) is 5.75 Å². The molecule has 30 heavy (non-hydrogen) atoms. The first-order valence-corrected chi connectivity index (χ1v) is 10.5. The van der Waals surface area contributed by atoms with Gasteiger partial charge in [0.25, 0.3) is 0 Å². The van der Waals surface area contributed by atoms with Crippen LogP contribution in [0.2, 0.25) is 0 Å². The molecule has 8 heteroatoms. The molecule has 2 amide bonds. The van der Waals surface area contributed by atoms with E-state index in [0.717, 1.165) is 20.1 Å². The van der Waals surface area contributed by atoms with Gasteiger partial charge in [-0.15, -0.1) is 0 Å². The number of rotatable bonds is 6. The minimum atomic E-state index is -0.461. The number of nitrogens with zero attached hydrogens (tertiary/aromatic N) is 1. The highest BCUT2D eigenvalue weighted by molar-refractivity contribution is 9.10. The van der Waals surface area contributed by atoms with E-state index < -0.39 is 6.03 Å². The maximum atomic E-state index is 13.0. The van der Waals surface area contributed by atoms with Crippen molar-refractivity contribution in [3.63, 3.8) is 0 Å². The second-order valence-corrected chi connectivity index (χ2v) is 8.16. The van der Waals surface area contributed by atoms with Crippen LogP contribution in [0.5, 0.6) is 5.75 Å². The molecule has 0 atom stereocenters. The number of nitrogens with one attached hydrogen (secondary N) is 2. The Balaban J connectivity index is 1.62. The highest BCUT2D eigenvalue weighted by atomic mass is 79.9. The summed E-state index contributed by atoms with van der Waals surface area (Å²) in [5, 5.41) is 6.72. The summed E-state index contributed by atoms with van der Waals surface area (Å²) < 4.78 is 20.7. The van der Waals surface area contributed by atoms with E-state index >= 15 is 0 Å². The molecule has 5 nitrogen and oxygen atoms in total. The molecule has 0 unspecified atom stereocenters. The molecule has 0 saturated carbocycles. The number of hydrogen-bond acceptors (Lipinski definition) is 3. The van der Waals surface area contributed by atoms with Crippen LogP contribution in [0, 0.1) is 12.7 Å². The maximum absolute atomic E-state index is 13.0. The fourth-order valence-corrected chi connectivity index (χ4v) is 3.16. The van der Waals surface area contributed by atoms with Crippen molar-refractivity contribution in [1.29, 1.82) is 0 Å². The van der Waals surface area contributed by atoms with E-state index in [2.05, 4.69) is 47.7 Å². The Morgan fingerprint density at radius 1 is 1.10 bits per heavy atom. The normalized spacial score (nSPS) is 10.8. The SMILES string of the molecule is Cc1cc(NC(=O)N/N=C/c2cc(Br)ccc2OCc2ccc(F)cc2)ccc1Br. The first-order valence-electron chi connectivity index (χ1n) is 8.94. The largest absolute Gasteiger partial charge is 0.488 e. The van der Waals surface area contributed by atoms with Crippen LogP contribution < -0.4 is 15.5 Å². The summed E-state index contributed by atoms with van der Waals surface area (Å²) in [6.07, 6.45) is 1.50. The van der Waals surface area contributed by atoms with E-state index in [0.29, 0.717) is 17.0 Å². The third-order valence-corrected chi connectivity index (χ3v) is 5.45. The molecule has 0 radical (unpaired) electrons. The van der Waals surface area contributed by atoms with E-state index in [4.69, 9.17) is 4.74 Å². The molecule has 0 bridgehead atoms. The van der Waals surface area contributed by atoms with E-state index in [1.807, 2.05) is 31.2 Å². The number of aryl methyl sites for hydroxylation is 1. The average molecular weight is 535 g/mol. The van der Waals surface area contributed by atoms with Crippen molar-refractivity contribution in [3.05, 3.63) is 92.1 Å². The first-order chi connectivity index (χ1) is 14.4. The van der Waals surface area contributed by atoms with Gasteiger partial charge in [-0.1, -0.05) is 44.0 Å². The van der Waals surface area contributed by atoms with Gasteiger partial charge in [0.1, 0.15) is 18.2 Å². The molecule has 3 aromatic carbocycles. The molecule has 0 saturated heterocycles. The quantitative estimate of drug-likeness (QED) is 0.284. The summed E-state index contributed by atoms with van der Waals surface area (Å²) in [7, 11) is 0. The Labute approximate surface area is 190 Å². The first kappa shape index (κ1) is 22.0. The Kier molecular flexibility index (Phi) is 7.59. The molecule has 0 heterocycles. The van der Waals surface area contributed by atoms with Crippen molar-refractivity contribution in [2.75, 3.05) is 5.32 Å². The van der Waals surface area contributed by atoms with E-state index in [1.165, 1.54) is 18.3 Å². The Hall–Kier alpha value is -2.71. The van der Waals surface area contributed by atoms with Gasteiger partial charge in [0.15, 0.2) is 0 Å². The van der Waals surface area contributed by atoms with Gasteiger partial charge in [-0.2, -0.15) is 5.10 Å². The number of benzene rings is 3. The van der Waals surface area contributed by atoms with Crippen molar-refractivity contribution < 1.29 is 13.9 Å². The third-order valence-electron chi connectivity index (χ3n) is 4.06. The van der Waals surface area contributed by atoms with Crippen LogP contribution in [-0.2, 0) is 6.61 Å². The van der Waals surface area contributed by atoms with E-state index in [-0.39, 0.29) is 12.4 Å². The molecule has 0 aromatic heterocycles. The van der Waals surface area contributed by atoms with Gasteiger partial charge < -0.3 is 10.1 Å². The molecule has 3 rings (SSSR count). The molecule has 2 N–H and O–H groups in total. The van der Waals surface area contributed by atoms with Crippen molar-refractivity contribution in [2.45, 2.75) is 13.5 Å². The molecule has 0 aliphatic carbocycles. The topological polar surface area (TPSA) is 62.7 Å². The lowest BCUT2D eigenvalue weighted by atomic mass is 10.2. The van der Waals surface area contributed by atoms with Gasteiger partial charge in [-0.05, 0) is 66.6 Å². The molecule has 0 fully saturated rings. The van der Waals surface area contributed by atoms with Gasteiger partial charge in [-0.25, -0.2) is 14.6 Å². The number of hydrazone groups is 1. The summed E-state index contributed by atoms with van der Waals surface area (Å²) in [5.41, 5.74) is 5.61. The molecule has 0 spiro atoms. The summed E-state index contributed by atoms with van der Waals surface area (Å²) in [6.45, 7) is 2.21. The second kappa shape index (κ2) is 10.4. The standard InChI is InChI=1S/C22H18Br2FN3O2/c1-14-10-19(7-8-20(14)24)27-22(29)28-26-12-16-11-17(23)4-9-21(16)30-13-15-2-5-18(25)6-3-15/h2-12H,13H2,1H3,(H2,27,28,29)/b26-12+. The molecule has 0 aliphatic rings. The lowest BCUT2D eigenvalue weighted by Gasteiger charge is -2.10. The fourth-order valence-electron chi connectivity index (χ4n) is 2.54. The molecular formula is C22H18Br2FN3O2. The Morgan fingerprint density at radius 2 is 1.87 bits per heavy atom. The van der Waals surface area contributed by atoms with Crippen LogP contribution in [0.1, 0.15) is 16.7 Å². The van der Waals surface area contributed by atoms with Crippen molar-refractivity contribution in [2.24, 2.45) is 5.10 Å².